The maximum atomic E-state index is 12.3. The lowest BCUT2D eigenvalue weighted by Gasteiger charge is -2.37. The van der Waals surface area contributed by atoms with E-state index in [0.717, 1.165) is 67.4 Å². The van der Waals surface area contributed by atoms with Gasteiger partial charge in [-0.05, 0) is 116 Å². The van der Waals surface area contributed by atoms with Crippen molar-refractivity contribution in [1.29, 1.82) is 0 Å². The lowest BCUT2D eigenvalue weighted by Crippen LogP contribution is -2.57. The highest BCUT2D eigenvalue weighted by Gasteiger charge is 2.33. The summed E-state index contributed by atoms with van der Waals surface area (Å²) in [5.41, 5.74) is 4.52. The first-order valence-corrected chi connectivity index (χ1v) is 14.0. The molecular weight excluding hydrogens is 494 g/mol. The third-order valence-electron chi connectivity index (χ3n) is 7.99. The van der Waals surface area contributed by atoms with E-state index in [9.17, 15) is 25.2 Å². The van der Waals surface area contributed by atoms with Crippen molar-refractivity contribution in [3.8, 4) is 11.5 Å². The Morgan fingerprint density at radius 2 is 1.54 bits per heavy atom. The van der Waals surface area contributed by atoms with Crippen LogP contribution in [0.3, 0.4) is 0 Å². The molecule has 218 valence electrons. The fourth-order valence-electron chi connectivity index (χ4n) is 4.73. The second-order valence-electron chi connectivity index (χ2n) is 11.5. The maximum absolute atomic E-state index is 12.3. The van der Waals surface area contributed by atoms with Gasteiger partial charge in [0, 0.05) is 5.57 Å². The maximum Gasteiger partial charge on any atom is 0.247 e. The van der Waals surface area contributed by atoms with Gasteiger partial charge in [0.25, 0.3) is 0 Å². The van der Waals surface area contributed by atoms with E-state index < -0.39 is 31.3 Å². The second-order valence-corrected chi connectivity index (χ2v) is 11.5. The zero-order chi connectivity index (χ0) is 29.2. The van der Waals surface area contributed by atoms with Crippen molar-refractivity contribution >= 4 is 5.91 Å². The van der Waals surface area contributed by atoms with Crippen LogP contribution in [0, 0.1) is 13.8 Å². The summed E-state index contributed by atoms with van der Waals surface area (Å²) < 4.78 is 6.48. The van der Waals surface area contributed by atoms with Crippen LogP contribution in [0.25, 0.3) is 0 Å². The molecule has 7 heteroatoms. The van der Waals surface area contributed by atoms with E-state index in [1.165, 1.54) is 11.1 Å². The monoisotopic (exact) mass is 543 g/mol. The topological polar surface area (TPSA) is 119 Å². The molecule has 1 unspecified atom stereocenters. The minimum atomic E-state index is -1.41. The van der Waals surface area contributed by atoms with Crippen LogP contribution in [0.15, 0.2) is 41.0 Å². The largest absolute Gasteiger partial charge is 0.508 e. The number of ether oxygens (including phenoxy) is 1. The third-order valence-corrected chi connectivity index (χ3v) is 7.99. The number of hydrogen-bond donors (Lipinski definition) is 5. The summed E-state index contributed by atoms with van der Waals surface area (Å²) in [5, 5.41) is 40.8. The molecule has 0 spiro atoms. The first-order chi connectivity index (χ1) is 18.4. The van der Waals surface area contributed by atoms with Gasteiger partial charge >= 0.3 is 0 Å². The van der Waals surface area contributed by atoms with Gasteiger partial charge in [0.05, 0.1) is 19.8 Å². The van der Waals surface area contributed by atoms with E-state index in [1.807, 2.05) is 26.0 Å². The number of aliphatic hydroxyl groups is 3. The Morgan fingerprint density at radius 3 is 2.13 bits per heavy atom. The average molecular weight is 544 g/mol. The molecule has 1 amide bonds. The van der Waals surface area contributed by atoms with Crippen LogP contribution >= 0.6 is 0 Å². The number of phenolic OH excluding ortho intramolecular Hbond substituents is 1. The number of carbonyl (C=O) groups excluding carboxylic acids is 1. The third kappa shape index (κ3) is 9.23. The van der Waals surface area contributed by atoms with Crippen LogP contribution in [-0.4, -0.2) is 57.3 Å². The molecular formula is C32H49NO6. The molecule has 1 aliphatic heterocycles. The van der Waals surface area contributed by atoms with Crippen molar-refractivity contribution in [2.45, 2.75) is 104 Å². The number of fused-ring (bicyclic) bond motifs is 1. The normalized spacial score (nSPS) is 18.5. The molecule has 7 nitrogen and oxygen atoms in total. The van der Waals surface area contributed by atoms with Gasteiger partial charge in [-0.1, -0.05) is 29.4 Å². The molecule has 1 atom stereocenters. The van der Waals surface area contributed by atoms with Crippen LogP contribution in [0.5, 0.6) is 11.5 Å². The van der Waals surface area contributed by atoms with Gasteiger partial charge in [-0.25, -0.2) is 0 Å². The van der Waals surface area contributed by atoms with E-state index in [4.69, 9.17) is 4.74 Å². The Balaban J connectivity index is 1.78. The zero-order valence-corrected chi connectivity index (χ0v) is 24.7. The van der Waals surface area contributed by atoms with Crippen molar-refractivity contribution in [3.63, 3.8) is 0 Å². The second kappa shape index (κ2) is 14.7. The molecule has 0 radical (unpaired) electrons. The minimum absolute atomic E-state index is 0.202. The van der Waals surface area contributed by atoms with Crippen molar-refractivity contribution in [1.82, 2.24) is 5.32 Å². The summed E-state index contributed by atoms with van der Waals surface area (Å²) in [6.45, 7) is 10.5. The fourth-order valence-corrected chi connectivity index (χ4v) is 4.73. The Hall–Kier alpha value is -2.61. The first kappa shape index (κ1) is 32.6. The molecule has 1 aromatic carbocycles. The first-order valence-electron chi connectivity index (χ1n) is 14.0. The van der Waals surface area contributed by atoms with E-state index in [-0.39, 0.29) is 5.60 Å². The summed E-state index contributed by atoms with van der Waals surface area (Å²) in [5.74, 6) is 0.888. The molecule has 1 aromatic rings. The minimum Gasteiger partial charge on any atom is -0.508 e. The SMILES string of the molecule is C/C(=C\CC/C(C)=C/CCC1(C)CCc2cc(O)c(C)c(C)c2O1)CC/C=C(\C)C(=O)NC(CO)(CO)CO. The summed E-state index contributed by atoms with van der Waals surface area (Å²) in [7, 11) is 0. The summed E-state index contributed by atoms with van der Waals surface area (Å²) in [6.07, 6.45) is 13.7. The van der Waals surface area contributed by atoms with Crippen LogP contribution in [0.2, 0.25) is 0 Å². The number of amides is 1. The fraction of sp³-hybridized carbons (Fsp3) is 0.594. The summed E-state index contributed by atoms with van der Waals surface area (Å²) >= 11 is 0. The van der Waals surface area contributed by atoms with E-state index in [2.05, 4.69) is 38.2 Å². The predicted octanol–water partition coefficient (Wildman–Crippen LogP) is 5.10. The molecule has 0 saturated heterocycles. The number of phenols is 1. The highest BCUT2D eigenvalue weighted by molar-refractivity contribution is 5.93. The number of benzene rings is 1. The Labute approximate surface area is 234 Å². The lowest BCUT2D eigenvalue weighted by molar-refractivity contribution is -0.121. The van der Waals surface area contributed by atoms with E-state index in [0.29, 0.717) is 17.7 Å². The molecule has 2 rings (SSSR count). The summed E-state index contributed by atoms with van der Waals surface area (Å²) in [6, 6.07) is 1.85. The molecule has 0 saturated carbocycles. The molecule has 0 aliphatic carbocycles. The van der Waals surface area contributed by atoms with Gasteiger partial charge in [0.2, 0.25) is 5.91 Å². The molecule has 39 heavy (non-hydrogen) atoms. The predicted molar refractivity (Wildman–Crippen MR) is 156 cm³/mol. The molecule has 1 heterocycles. The molecule has 5 N–H and O–H groups in total. The number of nitrogens with one attached hydrogen (secondary N) is 1. The van der Waals surface area contributed by atoms with Gasteiger partial charge in [-0.15, -0.1) is 0 Å². The van der Waals surface area contributed by atoms with Gasteiger partial charge in [0.15, 0.2) is 0 Å². The highest BCUT2D eigenvalue weighted by Crippen LogP contribution is 2.41. The van der Waals surface area contributed by atoms with Crippen LogP contribution in [0.1, 0.15) is 89.3 Å². The number of carbonyl (C=O) groups is 1. The Morgan fingerprint density at radius 1 is 0.974 bits per heavy atom. The Kier molecular flexibility index (Phi) is 12.3. The van der Waals surface area contributed by atoms with E-state index >= 15 is 0 Å². The van der Waals surface area contributed by atoms with Crippen LogP contribution in [-0.2, 0) is 11.2 Å². The van der Waals surface area contributed by atoms with Crippen molar-refractivity contribution < 1.29 is 30.0 Å². The standard InChI is InChI=1S/C32H49NO6/c1-22(12-8-14-24(3)30(38)33-32(19-34,20-35)21-36)10-7-11-23(2)13-9-16-31(6)17-15-27-18-28(37)25(4)26(5)29(27)39-31/h10,13-14,18,34-37H,7-9,11-12,15-17,19-21H2,1-6H3,(H,33,38)/b22-10+,23-13+,24-14+. The summed E-state index contributed by atoms with van der Waals surface area (Å²) in [4.78, 5) is 12.3. The van der Waals surface area contributed by atoms with Crippen molar-refractivity contribution in [3.05, 3.63) is 57.7 Å². The number of allylic oxidation sites excluding steroid dienone is 5. The zero-order valence-electron chi connectivity index (χ0n) is 24.7. The molecule has 1 aliphatic rings. The number of aliphatic hydroxyl groups excluding tert-OH is 3. The quantitative estimate of drug-likeness (QED) is 0.164. The molecule has 0 fully saturated rings. The van der Waals surface area contributed by atoms with Gasteiger partial charge < -0.3 is 30.5 Å². The van der Waals surface area contributed by atoms with Crippen LogP contribution in [0.4, 0.5) is 0 Å². The van der Waals surface area contributed by atoms with Crippen LogP contribution < -0.4 is 10.1 Å². The number of aryl methyl sites for hydroxylation is 1. The van der Waals surface area contributed by atoms with Gasteiger partial charge in [-0.3, -0.25) is 4.79 Å². The Bertz CT molecular complexity index is 1070. The highest BCUT2D eigenvalue weighted by atomic mass is 16.5. The lowest BCUT2D eigenvalue weighted by atomic mass is 9.87. The van der Waals surface area contributed by atoms with E-state index in [1.54, 1.807) is 6.92 Å². The number of hydrogen-bond acceptors (Lipinski definition) is 6. The van der Waals surface area contributed by atoms with Crippen molar-refractivity contribution in [2.24, 2.45) is 0 Å². The van der Waals surface area contributed by atoms with Crippen molar-refractivity contribution in [2.75, 3.05) is 19.8 Å². The number of rotatable bonds is 14. The molecule has 0 aromatic heterocycles. The number of aromatic hydroxyl groups is 1. The van der Waals surface area contributed by atoms with Gasteiger partial charge in [-0.2, -0.15) is 0 Å². The van der Waals surface area contributed by atoms with Gasteiger partial charge in [0.1, 0.15) is 22.6 Å². The average Bonchev–Trinajstić information content (AvgIpc) is 2.91. The smallest absolute Gasteiger partial charge is 0.247 e. The molecule has 0 bridgehead atoms.